The van der Waals surface area contributed by atoms with E-state index in [2.05, 4.69) is 4.74 Å². The highest BCUT2D eigenvalue weighted by Crippen LogP contribution is 2.35. The number of benzene rings is 1. The third-order valence-electron chi connectivity index (χ3n) is 2.86. The molecule has 0 fully saturated rings. The molecule has 1 aliphatic heterocycles. The topological polar surface area (TPSA) is 99.0 Å². The van der Waals surface area contributed by atoms with Gasteiger partial charge in [-0.1, -0.05) is 0 Å². The molecule has 8 nitrogen and oxygen atoms in total. The molecule has 0 bridgehead atoms. The number of amides is 1. The third-order valence-corrected chi connectivity index (χ3v) is 2.86. The summed E-state index contributed by atoms with van der Waals surface area (Å²) in [4.78, 5) is 34.4. The van der Waals surface area contributed by atoms with Gasteiger partial charge < -0.3 is 14.4 Å². The normalized spacial score (nSPS) is 13.4. The minimum absolute atomic E-state index is 0.0403. The lowest BCUT2D eigenvalue weighted by molar-refractivity contribution is -0.384. The maximum absolute atomic E-state index is 11.8. The Morgan fingerprint density at radius 2 is 2.30 bits per heavy atom. The number of fused-ring (bicyclic) bond motifs is 1. The lowest BCUT2D eigenvalue weighted by Crippen LogP contribution is -2.40. The SMILES string of the molecule is COC(=O)CCN1C(=O)COc2cc([N+](=O)[O-])ccc21. The molecule has 1 aromatic rings. The molecule has 2 rings (SSSR count). The Morgan fingerprint density at radius 1 is 1.55 bits per heavy atom. The first-order valence-electron chi connectivity index (χ1n) is 5.81. The molecule has 0 aliphatic carbocycles. The first-order chi connectivity index (χ1) is 9.52. The van der Waals surface area contributed by atoms with Crippen molar-refractivity contribution in [3.63, 3.8) is 0 Å². The van der Waals surface area contributed by atoms with E-state index in [-0.39, 0.29) is 36.9 Å². The van der Waals surface area contributed by atoms with Crippen LogP contribution in [0.4, 0.5) is 11.4 Å². The maximum atomic E-state index is 11.8. The summed E-state index contributed by atoms with van der Waals surface area (Å²) in [5, 5.41) is 10.7. The highest BCUT2D eigenvalue weighted by molar-refractivity contribution is 5.98. The number of rotatable bonds is 4. The minimum Gasteiger partial charge on any atom is -0.481 e. The van der Waals surface area contributed by atoms with E-state index in [9.17, 15) is 19.7 Å². The predicted molar refractivity (Wildman–Crippen MR) is 67.6 cm³/mol. The number of hydrogen-bond acceptors (Lipinski definition) is 6. The van der Waals surface area contributed by atoms with Crippen LogP contribution in [0.3, 0.4) is 0 Å². The number of hydrogen-bond donors (Lipinski definition) is 0. The second-order valence-electron chi connectivity index (χ2n) is 4.07. The summed E-state index contributed by atoms with van der Waals surface area (Å²) < 4.78 is 9.70. The van der Waals surface area contributed by atoms with Crippen molar-refractivity contribution in [2.24, 2.45) is 0 Å². The Labute approximate surface area is 114 Å². The largest absolute Gasteiger partial charge is 0.481 e. The number of anilines is 1. The second kappa shape index (κ2) is 5.55. The number of carbonyl (C=O) groups excluding carboxylic acids is 2. The Bertz CT molecular complexity index is 571. The highest BCUT2D eigenvalue weighted by atomic mass is 16.6. The van der Waals surface area contributed by atoms with Crippen LogP contribution >= 0.6 is 0 Å². The summed E-state index contributed by atoms with van der Waals surface area (Å²) in [6.45, 7) is -0.0744. The molecule has 0 saturated carbocycles. The summed E-state index contributed by atoms with van der Waals surface area (Å²) in [5.74, 6) is -0.494. The predicted octanol–water partition coefficient (Wildman–Crippen LogP) is 0.883. The van der Waals surface area contributed by atoms with Gasteiger partial charge in [-0.05, 0) is 6.07 Å². The summed E-state index contributed by atoms with van der Waals surface area (Å²) in [6, 6.07) is 3.97. The first kappa shape index (κ1) is 13.8. The van der Waals surface area contributed by atoms with E-state index in [4.69, 9.17) is 4.74 Å². The van der Waals surface area contributed by atoms with E-state index in [1.807, 2.05) is 0 Å². The van der Waals surface area contributed by atoms with Gasteiger partial charge in [0.2, 0.25) is 0 Å². The van der Waals surface area contributed by atoms with Gasteiger partial charge in [-0.15, -0.1) is 0 Å². The van der Waals surface area contributed by atoms with Crippen molar-refractivity contribution in [3.05, 3.63) is 28.3 Å². The molecule has 1 heterocycles. The lowest BCUT2D eigenvalue weighted by atomic mass is 10.2. The van der Waals surface area contributed by atoms with Crippen LogP contribution in [0.1, 0.15) is 6.42 Å². The minimum atomic E-state index is -0.543. The second-order valence-corrected chi connectivity index (χ2v) is 4.07. The van der Waals surface area contributed by atoms with Crippen molar-refractivity contribution < 1.29 is 24.0 Å². The molecule has 0 atom stereocenters. The van der Waals surface area contributed by atoms with Gasteiger partial charge in [0.1, 0.15) is 0 Å². The molecule has 106 valence electrons. The number of non-ortho nitro benzene ring substituents is 1. The Morgan fingerprint density at radius 3 is 2.95 bits per heavy atom. The zero-order valence-corrected chi connectivity index (χ0v) is 10.7. The van der Waals surface area contributed by atoms with Crippen LogP contribution < -0.4 is 9.64 Å². The van der Waals surface area contributed by atoms with Crippen molar-refractivity contribution in [3.8, 4) is 5.75 Å². The summed E-state index contributed by atoms with van der Waals surface area (Å²) in [7, 11) is 1.26. The van der Waals surface area contributed by atoms with Crippen LogP contribution in [0.25, 0.3) is 0 Å². The van der Waals surface area contributed by atoms with E-state index in [1.165, 1.54) is 30.2 Å². The van der Waals surface area contributed by atoms with Gasteiger partial charge >= 0.3 is 5.97 Å². The molecule has 20 heavy (non-hydrogen) atoms. The molecule has 1 aromatic carbocycles. The number of ether oxygens (including phenoxy) is 2. The zero-order valence-electron chi connectivity index (χ0n) is 10.7. The average Bonchev–Trinajstić information content (AvgIpc) is 2.45. The quantitative estimate of drug-likeness (QED) is 0.461. The Balaban J connectivity index is 2.25. The van der Waals surface area contributed by atoms with Gasteiger partial charge in [-0.25, -0.2) is 0 Å². The Kier molecular flexibility index (Phi) is 3.83. The number of nitro groups is 1. The highest BCUT2D eigenvalue weighted by Gasteiger charge is 2.27. The fraction of sp³-hybridized carbons (Fsp3) is 0.333. The first-order valence-corrected chi connectivity index (χ1v) is 5.81. The molecule has 0 unspecified atom stereocenters. The number of methoxy groups -OCH3 is 1. The van der Waals surface area contributed by atoms with Crippen molar-refractivity contribution in [1.29, 1.82) is 0 Å². The van der Waals surface area contributed by atoms with Crippen LogP contribution in [0, 0.1) is 10.1 Å². The lowest BCUT2D eigenvalue weighted by Gasteiger charge is -2.28. The number of nitro benzene ring substituents is 1. The standard InChI is InChI=1S/C12H12N2O6/c1-19-12(16)4-5-13-9-3-2-8(14(17)18)6-10(9)20-7-11(13)15/h2-3,6H,4-5,7H2,1H3. The van der Waals surface area contributed by atoms with Gasteiger partial charge in [-0.2, -0.15) is 0 Å². The van der Waals surface area contributed by atoms with Crippen LogP contribution in [0.2, 0.25) is 0 Å². The fourth-order valence-electron chi connectivity index (χ4n) is 1.86. The molecule has 0 aromatic heterocycles. The van der Waals surface area contributed by atoms with Gasteiger partial charge in [0.25, 0.3) is 11.6 Å². The number of nitrogens with zero attached hydrogens (tertiary/aromatic N) is 2. The number of carbonyl (C=O) groups is 2. The number of esters is 1. The van der Waals surface area contributed by atoms with E-state index in [0.29, 0.717) is 5.69 Å². The molecule has 1 amide bonds. The molecular formula is C12H12N2O6. The summed E-state index contributed by atoms with van der Waals surface area (Å²) >= 11 is 0. The molecule has 0 N–H and O–H groups in total. The van der Waals surface area contributed by atoms with Crippen LogP contribution in [-0.4, -0.2) is 37.1 Å². The van der Waals surface area contributed by atoms with E-state index in [1.54, 1.807) is 0 Å². The van der Waals surface area contributed by atoms with Crippen LogP contribution in [0.15, 0.2) is 18.2 Å². The molecule has 0 saturated heterocycles. The smallest absolute Gasteiger partial charge is 0.307 e. The van der Waals surface area contributed by atoms with Gasteiger partial charge in [0, 0.05) is 12.6 Å². The molecule has 0 spiro atoms. The van der Waals surface area contributed by atoms with Crippen molar-refractivity contribution >= 4 is 23.3 Å². The molecule has 8 heteroatoms. The average molecular weight is 280 g/mol. The van der Waals surface area contributed by atoms with Gasteiger partial charge in [-0.3, -0.25) is 19.7 Å². The maximum Gasteiger partial charge on any atom is 0.307 e. The third kappa shape index (κ3) is 2.68. The van der Waals surface area contributed by atoms with Crippen LogP contribution in [0.5, 0.6) is 5.75 Å². The van der Waals surface area contributed by atoms with Crippen LogP contribution in [-0.2, 0) is 14.3 Å². The van der Waals surface area contributed by atoms with Crippen molar-refractivity contribution in [1.82, 2.24) is 0 Å². The summed E-state index contributed by atoms with van der Waals surface area (Å²) in [6.07, 6.45) is 0.0403. The fourth-order valence-corrected chi connectivity index (χ4v) is 1.86. The van der Waals surface area contributed by atoms with E-state index < -0.39 is 10.9 Å². The van der Waals surface area contributed by atoms with Crippen molar-refractivity contribution in [2.45, 2.75) is 6.42 Å². The molecular weight excluding hydrogens is 268 g/mol. The summed E-state index contributed by atoms with van der Waals surface area (Å²) in [5.41, 5.74) is 0.293. The monoisotopic (exact) mass is 280 g/mol. The Hall–Kier alpha value is -2.64. The van der Waals surface area contributed by atoms with Gasteiger partial charge in [0.15, 0.2) is 12.4 Å². The van der Waals surface area contributed by atoms with Crippen molar-refractivity contribution in [2.75, 3.05) is 25.2 Å². The molecule has 1 aliphatic rings. The van der Waals surface area contributed by atoms with E-state index >= 15 is 0 Å². The van der Waals surface area contributed by atoms with E-state index in [0.717, 1.165) is 0 Å². The van der Waals surface area contributed by atoms with Gasteiger partial charge in [0.05, 0.1) is 30.2 Å². The zero-order chi connectivity index (χ0) is 14.7. The molecule has 0 radical (unpaired) electrons.